The average Bonchev–Trinajstić information content (AvgIpc) is 2.22. The van der Waals surface area contributed by atoms with E-state index in [1.165, 1.54) is 19.5 Å². The molecule has 1 saturated heterocycles. The third-order valence-electron chi connectivity index (χ3n) is 2.90. The van der Waals surface area contributed by atoms with Crippen molar-refractivity contribution in [1.82, 2.24) is 20.4 Å². The Morgan fingerprint density at radius 2 is 1.13 bits per heavy atom. The predicted molar refractivity (Wildman–Crippen MR) is 65.4 cm³/mol. The molecule has 0 aromatic rings. The number of hydrogen-bond acceptors (Lipinski definition) is 4. The summed E-state index contributed by atoms with van der Waals surface area (Å²) in [4.78, 5) is 4.82. The van der Waals surface area contributed by atoms with Crippen LogP contribution < -0.4 is 10.6 Å². The van der Waals surface area contributed by atoms with Crippen LogP contribution in [0.5, 0.6) is 0 Å². The zero-order chi connectivity index (χ0) is 10.9. The van der Waals surface area contributed by atoms with E-state index in [0.717, 1.165) is 39.3 Å². The molecule has 4 heteroatoms. The van der Waals surface area contributed by atoms with Gasteiger partial charge in [0.2, 0.25) is 0 Å². The van der Waals surface area contributed by atoms with Crippen LogP contribution in [0.25, 0.3) is 0 Å². The Labute approximate surface area is 94.0 Å². The van der Waals surface area contributed by atoms with Gasteiger partial charge in [-0.2, -0.15) is 0 Å². The van der Waals surface area contributed by atoms with E-state index >= 15 is 0 Å². The summed E-state index contributed by atoms with van der Waals surface area (Å²) in [5, 5.41) is 6.89. The minimum Gasteiger partial charge on any atom is -0.314 e. The molecule has 0 amide bonds. The van der Waals surface area contributed by atoms with Crippen molar-refractivity contribution in [1.29, 1.82) is 0 Å². The topological polar surface area (TPSA) is 30.5 Å². The molecule has 90 valence electrons. The Morgan fingerprint density at radius 1 is 0.667 bits per heavy atom. The van der Waals surface area contributed by atoms with Crippen molar-refractivity contribution in [2.24, 2.45) is 0 Å². The van der Waals surface area contributed by atoms with Crippen LogP contribution in [0.15, 0.2) is 0 Å². The predicted octanol–water partition coefficient (Wildman–Crippen LogP) is -0.567. The maximum absolute atomic E-state index is 3.45. The van der Waals surface area contributed by atoms with Gasteiger partial charge in [-0.05, 0) is 33.6 Å². The molecule has 0 spiro atoms. The summed E-state index contributed by atoms with van der Waals surface area (Å²) in [5.74, 6) is 0. The lowest BCUT2D eigenvalue weighted by molar-refractivity contribution is 0.282. The van der Waals surface area contributed by atoms with E-state index in [0.29, 0.717) is 0 Å². The van der Waals surface area contributed by atoms with Crippen LogP contribution >= 0.6 is 0 Å². The third-order valence-corrected chi connectivity index (χ3v) is 2.90. The first kappa shape index (κ1) is 12.9. The van der Waals surface area contributed by atoms with E-state index in [9.17, 15) is 0 Å². The molecule has 0 atom stereocenters. The van der Waals surface area contributed by atoms with Crippen LogP contribution in [0, 0.1) is 0 Å². The Bertz CT molecular complexity index is 136. The molecule has 0 aromatic carbocycles. The van der Waals surface area contributed by atoms with E-state index in [1.54, 1.807) is 0 Å². The van der Waals surface area contributed by atoms with Gasteiger partial charge in [0, 0.05) is 39.3 Å². The fourth-order valence-electron chi connectivity index (χ4n) is 1.80. The van der Waals surface area contributed by atoms with Crippen LogP contribution in [0.1, 0.15) is 6.42 Å². The lowest BCUT2D eigenvalue weighted by Gasteiger charge is -2.19. The molecule has 1 fully saturated rings. The van der Waals surface area contributed by atoms with E-state index < -0.39 is 0 Å². The van der Waals surface area contributed by atoms with Gasteiger partial charge in [-0.3, -0.25) is 0 Å². The molecule has 2 N–H and O–H groups in total. The average molecular weight is 214 g/mol. The van der Waals surface area contributed by atoms with Gasteiger partial charge >= 0.3 is 0 Å². The Morgan fingerprint density at radius 3 is 1.60 bits per heavy atom. The van der Waals surface area contributed by atoms with Crippen molar-refractivity contribution < 1.29 is 0 Å². The van der Waals surface area contributed by atoms with Crippen LogP contribution in [0.4, 0.5) is 0 Å². The van der Waals surface area contributed by atoms with Gasteiger partial charge in [-0.15, -0.1) is 0 Å². The third kappa shape index (κ3) is 6.84. The lowest BCUT2D eigenvalue weighted by Crippen LogP contribution is -2.34. The summed E-state index contributed by atoms with van der Waals surface area (Å²) >= 11 is 0. The number of likely N-dealkylation sites (N-methyl/N-ethyl adjacent to an activating group) is 2. The zero-order valence-electron chi connectivity index (χ0n) is 10.3. The Hall–Kier alpha value is -0.160. The molecule has 0 saturated carbocycles. The number of hydrogen-bond donors (Lipinski definition) is 2. The van der Waals surface area contributed by atoms with E-state index in [-0.39, 0.29) is 0 Å². The van der Waals surface area contributed by atoms with Gasteiger partial charge in [0.25, 0.3) is 0 Å². The SMILES string of the molecule is CN1CCCN(C)CCNCCNCC1. The second kappa shape index (κ2) is 8.05. The molecule has 0 radical (unpaired) electrons. The molecule has 0 unspecified atom stereocenters. The number of nitrogens with one attached hydrogen (secondary N) is 2. The maximum atomic E-state index is 3.45. The van der Waals surface area contributed by atoms with Gasteiger partial charge in [-0.1, -0.05) is 0 Å². The van der Waals surface area contributed by atoms with Gasteiger partial charge in [0.15, 0.2) is 0 Å². The van der Waals surface area contributed by atoms with Crippen LogP contribution in [0.3, 0.4) is 0 Å². The first-order valence-electron chi connectivity index (χ1n) is 6.07. The quantitative estimate of drug-likeness (QED) is 0.565. The summed E-state index contributed by atoms with van der Waals surface area (Å²) in [6.07, 6.45) is 1.27. The van der Waals surface area contributed by atoms with Crippen LogP contribution in [-0.2, 0) is 0 Å². The van der Waals surface area contributed by atoms with Crippen LogP contribution in [0.2, 0.25) is 0 Å². The molecule has 0 bridgehead atoms. The first-order chi connectivity index (χ1) is 7.29. The molecule has 1 rings (SSSR count). The highest BCUT2D eigenvalue weighted by molar-refractivity contribution is 4.61. The fourth-order valence-corrected chi connectivity index (χ4v) is 1.80. The fraction of sp³-hybridized carbons (Fsp3) is 1.00. The van der Waals surface area contributed by atoms with Gasteiger partial charge in [-0.25, -0.2) is 0 Å². The summed E-state index contributed by atoms with van der Waals surface area (Å²) in [6.45, 7) is 9.10. The molecule has 0 aromatic heterocycles. The van der Waals surface area contributed by atoms with Crippen molar-refractivity contribution in [2.45, 2.75) is 6.42 Å². The highest BCUT2D eigenvalue weighted by atomic mass is 15.1. The minimum atomic E-state index is 1.08. The highest BCUT2D eigenvalue weighted by Gasteiger charge is 2.02. The zero-order valence-corrected chi connectivity index (χ0v) is 10.3. The molecule has 4 nitrogen and oxygen atoms in total. The van der Waals surface area contributed by atoms with Crippen molar-refractivity contribution in [3.63, 3.8) is 0 Å². The minimum absolute atomic E-state index is 1.08. The first-order valence-corrected chi connectivity index (χ1v) is 6.07. The summed E-state index contributed by atoms with van der Waals surface area (Å²) in [6, 6.07) is 0. The normalized spacial score (nSPS) is 25.2. The second-order valence-corrected chi connectivity index (χ2v) is 4.46. The Kier molecular flexibility index (Phi) is 6.92. The summed E-state index contributed by atoms with van der Waals surface area (Å²) in [5.41, 5.74) is 0. The van der Waals surface area contributed by atoms with Gasteiger partial charge in [0.05, 0.1) is 0 Å². The van der Waals surface area contributed by atoms with Gasteiger partial charge in [0.1, 0.15) is 0 Å². The highest BCUT2D eigenvalue weighted by Crippen LogP contribution is 1.91. The number of nitrogens with zero attached hydrogens (tertiary/aromatic N) is 2. The van der Waals surface area contributed by atoms with E-state index in [4.69, 9.17) is 0 Å². The molecule has 1 aliphatic heterocycles. The standard InChI is InChI=1S/C11H26N4/c1-14-8-3-9-15(2)11-7-13-5-4-12-6-10-14/h12-13H,3-11H2,1-2H3. The maximum Gasteiger partial charge on any atom is 0.0104 e. The molecule has 1 aliphatic rings. The monoisotopic (exact) mass is 214 g/mol. The van der Waals surface area contributed by atoms with Crippen molar-refractivity contribution in [2.75, 3.05) is 66.5 Å². The Balaban J connectivity index is 2.21. The summed E-state index contributed by atoms with van der Waals surface area (Å²) < 4.78 is 0. The van der Waals surface area contributed by atoms with Crippen LogP contribution in [-0.4, -0.2) is 76.3 Å². The smallest absolute Gasteiger partial charge is 0.0104 e. The van der Waals surface area contributed by atoms with Crippen molar-refractivity contribution >= 4 is 0 Å². The van der Waals surface area contributed by atoms with Gasteiger partial charge < -0.3 is 20.4 Å². The second-order valence-electron chi connectivity index (χ2n) is 4.46. The molecular formula is C11H26N4. The largest absolute Gasteiger partial charge is 0.314 e. The lowest BCUT2D eigenvalue weighted by atomic mass is 10.3. The molecular weight excluding hydrogens is 188 g/mol. The number of rotatable bonds is 0. The van der Waals surface area contributed by atoms with E-state index in [1.807, 2.05) is 0 Å². The molecule has 1 heterocycles. The summed E-state index contributed by atoms with van der Waals surface area (Å²) in [7, 11) is 4.42. The van der Waals surface area contributed by atoms with Crippen molar-refractivity contribution in [3.8, 4) is 0 Å². The van der Waals surface area contributed by atoms with Crippen molar-refractivity contribution in [3.05, 3.63) is 0 Å². The molecule has 0 aliphatic carbocycles. The molecule has 15 heavy (non-hydrogen) atoms. The van der Waals surface area contributed by atoms with E-state index in [2.05, 4.69) is 34.5 Å².